The lowest BCUT2D eigenvalue weighted by Gasteiger charge is -2.33. The van der Waals surface area contributed by atoms with Gasteiger partial charge in [0, 0.05) is 38.2 Å². The van der Waals surface area contributed by atoms with Crippen LogP contribution < -0.4 is 10.6 Å². The number of fused-ring (bicyclic) bond motifs is 8. The number of rotatable bonds is 5. The fraction of sp³-hybridized carbons (Fsp3) is 0.0755. The van der Waals surface area contributed by atoms with Gasteiger partial charge in [-0.2, -0.15) is 0 Å². The van der Waals surface area contributed by atoms with Gasteiger partial charge in [-0.1, -0.05) is 140 Å². The summed E-state index contributed by atoms with van der Waals surface area (Å²) < 4.78 is 4.92. The van der Waals surface area contributed by atoms with Crippen LogP contribution >= 0.6 is 0 Å². The summed E-state index contributed by atoms with van der Waals surface area (Å²) in [5.41, 5.74) is 10.5. The molecule has 5 nitrogen and oxygen atoms in total. The molecule has 0 spiro atoms. The van der Waals surface area contributed by atoms with Crippen molar-refractivity contribution >= 4 is 71.0 Å². The van der Waals surface area contributed by atoms with Gasteiger partial charge >= 0.3 is 0 Å². The Bertz CT molecular complexity index is 3360. The van der Waals surface area contributed by atoms with Gasteiger partial charge in [-0.15, -0.1) is 0 Å². The molecule has 2 N–H and O–H groups in total. The molecule has 1 aliphatic heterocycles. The molecule has 2 unspecified atom stereocenters. The van der Waals surface area contributed by atoms with Gasteiger partial charge in [0.15, 0.2) is 0 Å². The molecule has 0 radical (unpaired) electrons. The van der Waals surface area contributed by atoms with Crippen LogP contribution in [-0.2, 0) is 0 Å². The number of hydrogen-bond acceptors (Lipinski definition) is 3. The normalized spacial score (nSPS) is 17.0. The SMILES string of the molecule is C1=CC(C2N=C(c3ccc(-n4c5ccccc5c5cc6c7ccccc7n(-c7ccc8ccccc8c7)c6cc54)c4ccccc34)NC(c3ccccc3)N2)=CCC1. The lowest BCUT2D eigenvalue weighted by Crippen LogP contribution is -2.49. The first-order chi connectivity index (χ1) is 28.8. The summed E-state index contributed by atoms with van der Waals surface area (Å²) in [5.74, 6) is 0.893. The molecule has 0 saturated heterocycles. The Labute approximate surface area is 335 Å². The molecule has 1 aliphatic carbocycles. The van der Waals surface area contributed by atoms with E-state index in [9.17, 15) is 0 Å². The third-order valence-corrected chi connectivity index (χ3v) is 12.2. The Hall–Kier alpha value is -7.21. The van der Waals surface area contributed by atoms with Crippen molar-refractivity contribution in [3.8, 4) is 11.4 Å². The minimum Gasteiger partial charge on any atom is -0.350 e. The Kier molecular flexibility index (Phi) is 7.50. The maximum absolute atomic E-state index is 5.37. The van der Waals surface area contributed by atoms with Crippen molar-refractivity contribution in [2.75, 3.05) is 0 Å². The van der Waals surface area contributed by atoms with E-state index in [4.69, 9.17) is 4.99 Å². The van der Waals surface area contributed by atoms with Crippen LogP contribution in [0.3, 0.4) is 0 Å². The Morgan fingerprint density at radius 1 is 0.500 bits per heavy atom. The zero-order chi connectivity index (χ0) is 38.2. The van der Waals surface area contributed by atoms with E-state index in [1.54, 1.807) is 0 Å². The van der Waals surface area contributed by atoms with Gasteiger partial charge < -0.3 is 14.5 Å². The average Bonchev–Trinajstić information content (AvgIpc) is 3.80. The number of amidine groups is 1. The third-order valence-electron chi connectivity index (χ3n) is 12.2. The Balaban J connectivity index is 1.09. The van der Waals surface area contributed by atoms with E-state index in [1.807, 2.05) is 0 Å². The zero-order valence-corrected chi connectivity index (χ0v) is 31.8. The second-order valence-corrected chi connectivity index (χ2v) is 15.5. The van der Waals surface area contributed by atoms with Gasteiger partial charge in [0.2, 0.25) is 0 Å². The van der Waals surface area contributed by atoms with Gasteiger partial charge in [0.25, 0.3) is 0 Å². The molecule has 0 saturated carbocycles. The highest BCUT2D eigenvalue weighted by Crippen LogP contribution is 2.41. The van der Waals surface area contributed by atoms with Crippen molar-refractivity contribution in [2.24, 2.45) is 4.99 Å². The molecule has 0 amide bonds. The molecule has 58 heavy (non-hydrogen) atoms. The number of aliphatic imine (C=N–C) groups is 1. The average molecular weight is 746 g/mol. The van der Waals surface area contributed by atoms with E-state index < -0.39 is 0 Å². The first-order valence-electron chi connectivity index (χ1n) is 20.3. The number of allylic oxidation sites excluding steroid dienone is 2. The lowest BCUT2D eigenvalue weighted by molar-refractivity contribution is 0.434. The van der Waals surface area contributed by atoms with Crippen LogP contribution in [0, 0.1) is 0 Å². The molecule has 3 heterocycles. The fourth-order valence-corrected chi connectivity index (χ4v) is 9.49. The number of para-hydroxylation sites is 2. The first kappa shape index (κ1) is 33.0. The largest absolute Gasteiger partial charge is 0.350 e. The first-order valence-corrected chi connectivity index (χ1v) is 20.3. The van der Waals surface area contributed by atoms with Crippen molar-refractivity contribution in [2.45, 2.75) is 25.2 Å². The van der Waals surface area contributed by atoms with Crippen molar-refractivity contribution in [1.82, 2.24) is 19.8 Å². The van der Waals surface area contributed by atoms with Crippen LogP contribution in [-0.4, -0.2) is 21.1 Å². The van der Waals surface area contributed by atoms with Crippen LogP contribution in [0.2, 0.25) is 0 Å². The molecular weight excluding hydrogens is 707 g/mol. The van der Waals surface area contributed by atoms with Crippen molar-refractivity contribution in [1.29, 1.82) is 0 Å². The van der Waals surface area contributed by atoms with Gasteiger partial charge in [-0.3, -0.25) is 5.32 Å². The van der Waals surface area contributed by atoms with E-state index in [0.29, 0.717) is 0 Å². The Morgan fingerprint density at radius 2 is 1.17 bits per heavy atom. The second kappa shape index (κ2) is 13.2. The Morgan fingerprint density at radius 3 is 1.95 bits per heavy atom. The van der Waals surface area contributed by atoms with E-state index >= 15 is 0 Å². The predicted octanol–water partition coefficient (Wildman–Crippen LogP) is 12.4. The standard InChI is InChI=1S/C53H39N5/c1-3-16-35(17-4-1)51-54-52(36-18-5-2-6-19-36)56-53(55-51)43-29-30-48(40-22-10-9-21-39(40)43)58-47-26-14-12-24-42(47)45-32-44-41-23-11-13-25-46(41)57(49(44)33-50(45)58)38-28-27-34-15-7-8-20-37(34)31-38/h1,3-5,7-33,51-52,54H,2,6H2,(H,55,56). The minimum absolute atomic E-state index is 0.0949. The van der Waals surface area contributed by atoms with E-state index in [2.05, 4.69) is 208 Å². The summed E-state index contributed by atoms with van der Waals surface area (Å²) in [6.45, 7) is 0. The molecule has 8 aromatic carbocycles. The quantitative estimate of drug-likeness (QED) is 0.184. The number of nitrogens with one attached hydrogen (secondary N) is 2. The van der Waals surface area contributed by atoms with Crippen LogP contribution in [0.4, 0.5) is 0 Å². The molecule has 10 aromatic rings. The summed E-state index contributed by atoms with van der Waals surface area (Å²) in [7, 11) is 0. The summed E-state index contributed by atoms with van der Waals surface area (Å²) in [6, 6.07) is 61.9. The summed E-state index contributed by atoms with van der Waals surface area (Å²) in [6.07, 6.45) is 8.66. The van der Waals surface area contributed by atoms with E-state index in [1.165, 1.54) is 70.9 Å². The van der Waals surface area contributed by atoms with E-state index in [0.717, 1.165) is 41.0 Å². The number of aromatic nitrogens is 2. The molecule has 2 aliphatic rings. The van der Waals surface area contributed by atoms with Crippen molar-refractivity contribution in [3.63, 3.8) is 0 Å². The van der Waals surface area contributed by atoms with Crippen LogP contribution in [0.1, 0.15) is 30.1 Å². The topological polar surface area (TPSA) is 46.3 Å². The van der Waals surface area contributed by atoms with Crippen LogP contribution in [0.25, 0.3) is 76.5 Å². The zero-order valence-electron chi connectivity index (χ0n) is 31.8. The number of hydrogen-bond donors (Lipinski definition) is 2. The van der Waals surface area contributed by atoms with E-state index in [-0.39, 0.29) is 12.3 Å². The highest BCUT2D eigenvalue weighted by atomic mass is 15.3. The molecule has 0 fully saturated rings. The van der Waals surface area contributed by atoms with Gasteiger partial charge in [-0.05, 0) is 88.7 Å². The van der Waals surface area contributed by atoms with Crippen molar-refractivity contribution < 1.29 is 0 Å². The van der Waals surface area contributed by atoms with Gasteiger partial charge in [0.05, 0.1) is 27.8 Å². The smallest absolute Gasteiger partial charge is 0.132 e. The van der Waals surface area contributed by atoms with Gasteiger partial charge in [0.1, 0.15) is 18.2 Å². The van der Waals surface area contributed by atoms with Crippen LogP contribution in [0.15, 0.2) is 199 Å². The highest BCUT2D eigenvalue weighted by molar-refractivity contribution is 6.20. The monoisotopic (exact) mass is 745 g/mol. The molecule has 5 heteroatoms. The minimum atomic E-state index is -0.162. The molecule has 2 aromatic heterocycles. The number of benzene rings is 8. The predicted molar refractivity (Wildman–Crippen MR) is 242 cm³/mol. The maximum atomic E-state index is 5.37. The summed E-state index contributed by atoms with van der Waals surface area (Å²) in [5, 5.41) is 17.4. The molecular formula is C53H39N5. The van der Waals surface area contributed by atoms with Gasteiger partial charge in [-0.25, -0.2) is 4.99 Å². The summed E-state index contributed by atoms with van der Waals surface area (Å²) in [4.78, 5) is 5.37. The molecule has 0 bridgehead atoms. The molecule has 12 rings (SSSR count). The molecule has 2 atom stereocenters. The highest BCUT2D eigenvalue weighted by Gasteiger charge is 2.28. The molecule has 276 valence electrons. The summed E-state index contributed by atoms with van der Waals surface area (Å²) >= 11 is 0. The van der Waals surface area contributed by atoms with Crippen molar-refractivity contribution in [3.05, 3.63) is 205 Å². The maximum Gasteiger partial charge on any atom is 0.132 e. The lowest BCUT2D eigenvalue weighted by atomic mass is 9.99. The third kappa shape index (κ3) is 5.17. The number of nitrogens with zero attached hydrogens (tertiary/aromatic N) is 3. The van der Waals surface area contributed by atoms with Crippen LogP contribution in [0.5, 0.6) is 0 Å². The fourth-order valence-electron chi connectivity index (χ4n) is 9.49. The second-order valence-electron chi connectivity index (χ2n) is 15.5.